The lowest BCUT2D eigenvalue weighted by molar-refractivity contribution is 1.27. The molecular formula is C14H12Cl2N2S. The highest BCUT2D eigenvalue weighted by Gasteiger charge is 2.07. The zero-order valence-electron chi connectivity index (χ0n) is 10.2. The first-order valence-corrected chi connectivity index (χ1v) is 7.12. The molecule has 0 unspecified atom stereocenters. The first kappa shape index (κ1) is 14.3. The molecule has 0 atom stereocenters. The Kier molecular flexibility index (Phi) is 4.40. The van der Waals surface area contributed by atoms with Gasteiger partial charge < -0.3 is 5.73 Å². The predicted octanol–water partition coefficient (Wildman–Crippen LogP) is 4.74. The van der Waals surface area contributed by atoms with Gasteiger partial charge in [-0.1, -0.05) is 41.0 Å². The molecule has 2 nitrogen and oxygen atoms in total. The smallest absolute Gasteiger partial charge is 0.122 e. The molecule has 0 aromatic heterocycles. The fourth-order valence-corrected chi connectivity index (χ4v) is 3.02. The Morgan fingerprint density at radius 3 is 2.47 bits per heavy atom. The van der Waals surface area contributed by atoms with Crippen molar-refractivity contribution in [2.45, 2.75) is 16.7 Å². The summed E-state index contributed by atoms with van der Waals surface area (Å²) in [5.74, 6) is 0.0698. The fourth-order valence-electron chi connectivity index (χ4n) is 1.61. The van der Waals surface area contributed by atoms with Gasteiger partial charge in [0.1, 0.15) is 5.84 Å². The van der Waals surface area contributed by atoms with Crippen LogP contribution in [-0.2, 0) is 0 Å². The minimum Gasteiger partial charge on any atom is -0.384 e. The third-order valence-electron chi connectivity index (χ3n) is 2.60. The highest BCUT2D eigenvalue weighted by atomic mass is 35.5. The lowest BCUT2D eigenvalue weighted by Gasteiger charge is -2.09. The summed E-state index contributed by atoms with van der Waals surface area (Å²) in [6.45, 7) is 1.98. The van der Waals surface area contributed by atoms with Crippen LogP contribution in [-0.4, -0.2) is 5.84 Å². The van der Waals surface area contributed by atoms with Gasteiger partial charge in [0, 0.05) is 20.4 Å². The van der Waals surface area contributed by atoms with E-state index in [0.29, 0.717) is 10.0 Å². The summed E-state index contributed by atoms with van der Waals surface area (Å²) < 4.78 is 0. The molecule has 0 heterocycles. The molecule has 5 heteroatoms. The van der Waals surface area contributed by atoms with Crippen LogP contribution in [0.4, 0.5) is 0 Å². The summed E-state index contributed by atoms with van der Waals surface area (Å²) in [4.78, 5) is 1.97. The maximum absolute atomic E-state index is 7.42. The van der Waals surface area contributed by atoms with E-state index in [1.54, 1.807) is 23.9 Å². The van der Waals surface area contributed by atoms with Gasteiger partial charge in [0.2, 0.25) is 0 Å². The van der Waals surface area contributed by atoms with Crippen LogP contribution in [0.1, 0.15) is 11.1 Å². The molecule has 2 aromatic rings. The Balaban J connectivity index is 2.33. The Morgan fingerprint density at radius 2 is 1.84 bits per heavy atom. The highest BCUT2D eigenvalue weighted by molar-refractivity contribution is 7.99. The topological polar surface area (TPSA) is 49.9 Å². The number of hydrogen-bond donors (Lipinski definition) is 2. The van der Waals surface area contributed by atoms with Crippen molar-refractivity contribution in [2.75, 3.05) is 0 Å². The lowest BCUT2D eigenvalue weighted by atomic mass is 10.1. The SMILES string of the molecule is Cc1cc(C(=N)N)ccc1Sc1cc(Cl)ccc1Cl. The first-order chi connectivity index (χ1) is 8.97. The van der Waals surface area contributed by atoms with E-state index in [1.807, 2.05) is 31.2 Å². The molecule has 0 aliphatic carbocycles. The summed E-state index contributed by atoms with van der Waals surface area (Å²) in [6, 6.07) is 11.0. The molecule has 0 aliphatic rings. The van der Waals surface area contributed by atoms with Crippen LogP contribution >= 0.6 is 35.0 Å². The Bertz CT molecular complexity index is 641. The van der Waals surface area contributed by atoms with Gasteiger partial charge in [0.15, 0.2) is 0 Å². The number of amidine groups is 1. The predicted molar refractivity (Wildman–Crippen MR) is 82.8 cm³/mol. The molecule has 0 saturated carbocycles. The van der Waals surface area contributed by atoms with E-state index in [0.717, 1.165) is 20.9 Å². The molecule has 0 saturated heterocycles. The van der Waals surface area contributed by atoms with E-state index in [1.165, 1.54) is 0 Å². The van der Waals surface area contributed by atoms with E-state index < -0.39 is 0 Å². The van der Waals surface area contributed by atoms with E-state index in [2.05, 4.69) is 0 Å². The number of benzene rings is 2. The van der Waals surface area contributed by atoms with Crippen molar-refractivity contribution in [3.8, 4) is 0 Å². The first-order valence-electron chi connectivity index (χ1n) is 5.55. The van der Waals surface area contributed by atoms with Crippen LogP contribution in [0.15, 0.2) is 46.2 Å². The highest BCUT2D eigenvalue weighted by Crippen LogP contribution is 2.36. The molecule has 3 N–H and O–H groups in total. The number of hydrogen-bond acceptors (Lipinski definition) is 2. The third kappa shape index (κ3) is 3.44. The number of halogens is 2. The second-order valence-electron chi connectivity index (χ2n) is 4.07. The summed E-state index contributed by atoms with van der Waals surface area (Å²) in [5.41, 5.74) is 7.24. The van der Waals surface area contributed by atoms with Gasteiger partial charge >= 0.3 is 0 Å². The quantitative estimate of drug-likeness (QED) is 0.635. The monoisotopic (exact) mass is 310 g/mol. The summed E-state index contributed by atoms with van der Waals surface area (Å²) >= 11 is 13.7. The Labute approximate surface area is 126 Å². The maximum Gasteiger partial charge on any atom is 0.122 e. The van der Waals surface area contributed by atoms with Crippen LogP contribution in [0, 0.1) is 12.3 Å². The van der Waals surface area contributed by atoms with Crippen LogP contribution in [0.5, 0.6) is 0 Å². The second-order valence-corrected chi connectivity index (χ2v) is 6.00. The minimum atomic E-state index is 0.0698. The number of rotatable bonds is 3. The maximum atomic E-state index is 7.42. The van der Waals surface area contributed by atoms with Crippen molar-refractivity contribution in [3.05, 3.63) is 57.6 Å². The molecule has 0 radical (unpaired) electrons. The minimum absolute atomic E-state index is 0.0698. The molecule has 98 valence electrons. The van der Waals surface area contributed by atoms with Gasteiger partial charge in [-0.15, -0.1) is 0 Å². The second kappa shape index (κ2) is 5.87. The standard InChI is InChI=1S/C14H12Cl2N2S/c1-8-6-9(14(17)18)2-5-12(8)19-13-7-10(15)3-4-11(13)16/h2-7H,1H3,(H3,17,18). The molecule has 2 aromatic carbocycles. The van der Waals surface area contributed by atoms with Crippen molar-refractivity contribution in [3.63, 3.8) is 0 Å². The lowest BCUT2D eigenvalue weighted by Crippen LogP contribution is -2.10. The van der Waals surface area contributed by atoms with Crippen LogP contribution in [0.2, 0.25) is 10.0 Å². The molecule has 0 fully saturated rings. The molecule has 0 aliphatic heterocycles. The largest absolute Gasteiger partial charge is 0.384 e. The number of aryl methyl sites for hydroxylation is 1. The van der Waals surface area contributed by atoms with Crippen LogP contribution < -0.4 is 5.73 Å². The third-order valence-corrected chi connectivity index (χ3v) is 4.51. The van der Waals surface area contributed by atoms with Crippen LogP contribution in [0.3, 0.4) is 0 Å². The Hall–Kier alpha value is -1.16. The van der Waals surface area contributed by atoms with Gasteiger partial charge in [-0.25, -0.2) is 0 Å². The van der Waals surface area contributed by atoms with Gasteiger partial charge in [-0.3, -0.25) is 5.41 Å². The van der Waals surface area contributed by atoms with Gasteiger partial charge in [-0.05, 0) is 42.8 Å². The number of nitrogens with two attached hydrogens (primary N) is 1. The summed E-state index contributed by atoms with van der Waals surface area (Å²) in [5, 5.41) is 8.75. The summed E-state index contributed by atoms with van der Waals surface area (Å²) in [6.07, 6.45) is 0. The van der Waals surface area contributed by atoms with Crippen molar-refractivity contribution in [1.82, 2.24) is 0 Å². The zero-order chi connectivity index (χ0) is 14.0. The van der Waals surface area contributed by atoms with Gasteiger partial charge in [0.05, 0.1) is 5.02 Å². The van der Waals surface area contributed by atoms with E-state index >= 15 is 0 Å². The fraction of sp³-hybridized carbons (Fsp3) is 0.0714. The number of nitrogen functional groups attached to an aromatic ring is 1. The van der Waals surface area contributed by atoms with Crippen molar-refractivity contribution >= 4 is 40.8 Å². The zero-order valence-corrected chi connectivity index (χ0v) is 12.5. The average Bonchev–Trinajstić information content (AvgIpc) is 2.36. The van der Waals surface area contributed by atoms with Crippen molar-refractivity contribution in [2.24, 2.45) is 5.73 Å². The Morgan fingerprint density at radius 1 is 1.11 bits per heavy atom. The normalized spacial score (nSPS) is 10.5. The molecule has 0 bridgehead atoms. The van der Waals surface area contributed by atoms with Gasteiger partial charge in [-0.2, -0.15) is 0 Å². The molecule has 19 heavy (non-hydrogen) atoms. The summed E-state index contributed by atoms with van der Waals surface area (Å²) in [7, 11) is 0. The number of nitrogens with one attached hydrogen (secondary N) is 1. The van der Waals surface area contributed by atoms with Crippen LogP contribution in [0.25, 0.3) is 0 Å². The van der Waals surface area contributed by atoms with Crippen molar-refractivity contribution in [1.29, 1.82) is 5.41 Å². The van der Waals surface area contributed by atoms with E-state index in [-0.39, 0.29) is 5.84 Å². The molecular weight excluding hydrogens is 299 g/mol. The molecule has 0 amide bonds. The molecule has 0 spiro atoms. The van der Waals surface area contributed by atoms with E-state index in [4.69, 9.17) is 34.3 Å². The van der Waals surface area contributed by atoms with Gasteiger partial charge in [0.25, 0.3) is 0 Å². The van der Waals surface area contributed by atoms with E-state index in [9.17, 15) is 0 Å². The van der Waals surface area contributed by atoms with Crippen molar-refractivity contribution < 1.29 is 0 Å². The average molecular weight is 311 g/mol. The molecule has 2 rings (SSSR count).